The van der Waals surface area contributed by atoms with Crippen LogP contribution in [0.3, 0.4) is 0 Å². The SMILES string of the molecule is Cc1nc(C(=O)N2CC(n3cc(Br)cn3)C2)cs1. The quantitative estimate of drug-likeness (QED) is 0.849. The first kappa shape index (κ1) is 11.9. The fourth-order valence-electron chi connectivity index (χ4n) is 1.93. The Morgan fingerprint density at radius 1 is 1.56 bits per heavy atom. The molecule has 0 aliphatic carbocycles. The lowest BCUT2D eigenvalue weighted by Gasteiger charge is -2.38. The number of nitrogens with zero attached hydrogens (tertiary/aromatic N) is 4. The van der Waals surface area contributed by atoms with Gasteiger partial charge in [0.2, 0.25) is 0 Å². The third kappa shape index (κ3) is 2.08. The van der Waals surface area contributed by atoms with Crippen molar-refractivity contribution in [1.29, 1.82) is 0 Å². The third-order valence-electron chi connectivity index (χ3n) is 2.93. The summed E-state index contributed by atoms with van der Waals surface area (Å²) in [5.41, 5.74) is 0.553. The van der Waals surface area contributed by atoms with Gasteiger partial charge >= 0.3 is 0 Å². The van der Waals surface area contributed by atoms with Crippen LogP contribution in [0.25, 0.3) is 0 Å². The molecule has 0 bridgehead atoms. The van der Waals surface area contributed by atoms with Crippen LogP contribution in [0.5, 0.6) is 0 Å². The summed E-state index contributed by atoms with van der Waals surface area (Å²) in [7, 11) is 0. The Labute approximate surface area is 117 Å². The van der Waals surface area contributed by atoms with Crippen LogP contribution in [-0.2, 0) is 0 Å². The van der Waals surface area contributed by atoms with Crippen molar-refractivity contribution in [3.8, 4) is 0 Å². The van der Waals surface area contributed by atoms with Crippen LogP contribution in [0.15, 0.2) is 22.2 Å². The number of carbonyl (C=O) groups excluding carboxylic acids is 1. The van der Waals surface area contributed by atoms with Crippen LogP contribution in [0.4, 0.5) is 0 Å². The Bertz CT molecular complexity index is 587. The van der Waals surface area contributed by atoms with E-state index >= 15 is 0 Å². The minimum absolute atomic E-state index is 0.0156. The molecule has 1 amide bonds. The van der Waals surface area contributed by atoms with Crippen LogP contribution in [0.2, 0.25) is 0 Å². The number of amides is 1. The highest BCUT2D eigenvalue weighted by molar-refractivity contribution is 9.10. The molecule has 18 heavy (non-hydrogen) atoms. The summed E-state index contributed by atoms with van der Waals surface area (Å²) in [4.78, 5) is 18.1. The van der Waals surface area contributed by atoms with Gasteiger partial charge in [0.15, 0.2) is 0 Å². The monoisotopic (exact) mass is 326 g/mol. The smallest absolute Gasteiger partial charge is 0.273 e. The number of rotatable bonds is 2. The van der Waals surface area contributed by atoms with Crippen molar-refractivity contribution in [3.63, 3.8) is 0 Å². The molecule has 1 aliphatic heterocycles. The van der Waals surface area contributed by atoms with Crippen molar-refractivity contribution in [3.05, 3.63) is 32.9 Å². The van der Waals surface area contributed by atoms with Crippen molar-refractivity contribution < 1.29 is 4.79 Å². The van der Waals surface area contributed by atoms with E-state index in [2.05, 4.69) is 26.0 Å². The van der Waals surface area contributed by atoms with E-state index in [-0.39, 0.29) is 11.9 Å². The number of likely N-dealkylation sites (tertiary alicyclic amines) is 1. The van der Waals surface area contributed by atoms with Gasteiger partial charge < -0.3 is 4.90 Å². The molecule has 1 saturated heterocycles. The Morgan fingerprint density at radius 2 is 2.33 bits per heavy atom. The largest absolute Gasteiger partial charge is 0.333 e. The molecule has 0 unspecified atom stereocenters. The molecule has 0 saturated carbocycles. The van der Waals surface area contributed by atoms with Crippen LogP contribution in [-0.4, -0.2) is 38.7 Å². The Morgan fingerprint density at radius 3 is 2.89 bits per heavy atom. The highest BCUT2D eigenvalue weighted by Gasteiger charge is 2.33. The average Bonchev–Trinajstić information content (AvgIpc) is 2.85. The van der Waals surface area contributed by atoms with Gasteiger partial charge in [-0.3, -0.25) is 9.48 Å². The first-order valence-electron chi connectivity index (χ1n) is 5.54. The van der Waals surface area contributed by atoms with Crippen molar-refractivity contribution in [2.75, 3.05) is 13.1 Å². The first-order valence-corrected chi connectivity index (χ1v) is 7.22. The molecule has 7 heteroatoms. The molecule has 0 atom stereocenters. The number of thiazole rings is 1. The maximum atomic E-state index is 12.1. The Balaban J connectivity index is 1.64. The molecule has 0 radical (unpaired) electrons. The third-order valence-corrected chi connectivity index (χ3v) is 4.11. The van der Waals surface area contributed by atoms with E-state index in [9.17, 15) is 4.79 Å². The highest BCUT2D eigenvalue weighted by Crippen LogP contribution is 2.24. The van der Waals surface area contributed by atoms with Gasteiger partial charge in [-0.2, -0.15) is 5.10 Å². The molecule has 2 aromatic rings. The first-order chi connectivity index (χ1) is 8.63. The zero-order valence-electron chi connectivity index (χ0n) is 9.71. The van der Waals surface area contributed by atoms with Gasteiger partial charge in [-0.25, -0.2) is 4.98 Å². The summed E-state index contributed by atoms with van der Waals surface area (Å²) in [6.45, 7) is 3.30. The Hall–Kier alpha value is -1.21. The zero-order chi connectivity index (χ0) is 12.7. The number of hydrogen-bond donors (Lipinski definition) is 0. The van der Waals surface area contributed by atoms with E-state index in [0.717, 1.165) is 9.48 Å². The van der Waals surface area contributed by atoms with Gasteiger partial charge in [-0.1, -0.05) is 0 Å². The number of halogens is 1. The topological polar surface area (TPSA) is 51.0 Å². The van der Waals surface area contributed by atoms with E-state index in [1.807, 2.05) is 23.2 Å². The average molecular weight is 327 g/mol. The summed E-state index contributed by atoms with van der Waals surface area (Å²) >= 11 is 4.87. The van der Waals surface area contributed by atoms with Crippen LogP contribution in [0.1, 0.15) is 21.5 Å². The predicted octanol–water partition coefficient (Wildman–Crippen LogP) is 2.11. The van der Waals surface area contributed by atoms with Crippen LogP contribution < -0.4 is 0 Å². The van der Waals surface area contributed by atoms with Gasteiger partial charge in [-0.15, -0.1) is 11.3 Å². The molecule has 0 N–H and O–H groups in total. The lowest BCUT2D eigenvalue weighted by Crippen LogP contribution is -2.50. The second-order valence-electron chi connectivity index (χ2n) is 4.25. The summed E-state index contributed by atoms with van der Waals surface area (Å²) < 4.78 is 2.85. The Kier molecular flexibility index (Phi) is 2.95. The van der Waals surface area contributed by atoms with Crippen molar-refractivity contribution >= 4 is 33.2 Å². The lowest BCUT2D eigenvalue weighted by molar-refractivity contribution is 0.0496. The van der Waals surface area contributed by atoms with Gasteiger partial charge in [0, 0.05) is 24.7 Å². The maximum Gasteiger partial charge on any atom is 0.273 e. The number of hydrogen-bond acceptors (Lipinski definition) is 4. The minimum atomic E-state index is 0.0156. The standard InChI is InChI=1S/C11H11BrN4OS/c1-7-14-10(6-18-7)11(17)15-4-9(5-15)16-3-8(12)2-13-16/h2-3,6,9H,4-5H2,1H3. The molecular formula is C11H11BrN4OS. The second-order valence-corrected chi connectivity index (χ2v) is 6.23. The number of aromatic nitrogens is 3. The van der Waals surface area contributed by atoms with E-state index < -0.39 is 0 Å². The molecule has 0 spiro atoms. The minimum Gasteiger partial charge on any atom is -0.333 e. The van der Waals surface area contributed by atoms with E-state index in [1.165, 1.54) is 11.3 Å². The van der Waals surface area contributed by atoms with Gasteiger partial charge in [0.1, 0.15) is 5.69 Å². The molecule has 1 fully saturated rings. The van der Waals surface area contributed by atoms with Crippen molar-refractivity contribution in [1.82, 2.24) is 19.7 Å². The van der Waals surface area contributed by atoms with Crippen molar-refractivity contribution in [2.45, 2.75) is 13.0 Å². The molecule has 1 aliphatic rings. The normalized spacial score (nSPS) is 15.8. The summed E-state index contributed by atoms with van der Waals surface area (Å²) in [6.07, 6.45) is 3.69. The van der Waals surface area contributed by atoms with Crippen LogP contribution in [0, 0.1) is 6.92 Å². The lowest BCUT2D eigenvalue weighted by atomic mass is 10.1. The molecule has 5 nitrogen and oxygen atoms in total. The molecule has 3 heterocycles. The van der Waals surface area contributed by atoms with E-state index in [1.54, 1.807) is 11.1 Å². The van der Waals surface area contributed by atoms with Crippen molar-refractivity contribution in [2.24, 2.45) is 0 Å². The molecular weight excluding hydrogens is 316 g/mol. The second kappa shape index (κ2) is 4.47. The molecule has 2 aromatic heterocycles. The molecule has 94 valence electrons. The fraction of sp³-hybridized carbons (Fsp3) is 0.364. The number of carbonyl (C=O) groups is 1. The molecule has 0 aromatic carbocycles. The summed E-state index contributed by atoms with van der Waals surface area (Å²) in [5, 5.41) is 6.96. The van der Waals surface area contributed by atoms with Gasteiger partial charge in [0.05, 0.1) is 21.7 Å². The van der Waals surface area contributed by atoms with E-state index in [0.29, 0.717) is 18.8 Å². The van der Waals surface area contributed by atoms with Crippen LogP contribution >= 0.6 is 27.3 Å². The predicted molar refractivity (Wildman–Crippen MR) is 71.7 cm³/mol. The summed E-state index contributed by atoms with van der Waals surface area (Å²) in [5.74, 6) is 0.0156. The maximum absolute atomic E-state index is 12.1. The zero-order valence-corrected chi connectivity index (χ0v) is 12.1. The number of aryl methyl sites for hydroxylation is 1. The van der Waals surface area contributed by atoms with E-state index in [4.69, 9.17) is 0 Å². The summed E-state index contributed by atoms with van der Waals surface area (Å²) in [6, 6.07) is 0.278. The van der Waals surface area contributed by atoms with Gasteiger partial charge in [0.25, 0.3) is 5.91 Å². The fourth-order valence-corrected chi connectivity index (χ4v) is 2.81. The molecule has 3 rings (SSSR count). The highest BCUT2D eigenvalue weighted by atomic mass is 79.9. The van der Waals surface area contributed by atoms with Gasteiger partial charge in [-0.05, 0) is 22.9 Å².